The maximum Gasteiger partial charge on any atom is 0.276 e. The zero-order chi connectivity index (χ0) is 19.6. The van der Waals surface area contributed by atoms with Crippen LogP contribution < -0.4 is 25.1 Å². The van der Waals surface area contributed by atoms with Crippen LogP contribution in [0.15, 0.2) is 42.5 Å². The molecule has 2 amide bonds. The van der Waals surface area contributed by atoms with Gasteiger partial charge in [0.15, 0.2) is 18.2 Å². The predicted molar refractivity (Wildman–Crippen MR) is 96.0 cm³/mol. The van der Waals surface area contributed by atoms with Crippen molar-refractivity contribution in [2.75, 3.05) is 20.8 Å². The zero-order valence-corrected chi connectivity index (χ0v) is 15.1. The number of carbonyl (C=O) groups excluding carboxylic acids is 2. The molecule has 0 atom stereocenters. The van der Waals surface area contributed by atoms with Crippen molar-refractivity contribution in [1.82, 2.24) is 10.9 Å². The van der Waals surface area contributed by atoms with E-state index in [0.29, 0.717) is 17.9 Å². The van der Waals surface area contributed by atoms with Crippen LogP contribution in [0.2, 0.25) is 0 Å². The van der Waals surface area contributed by atoms with Crippen molar-refractivity contribution in [3.8, 4) is 17.2 Å². The number of carbonyl (C=O) groups is 2. The fourth-order valence-electron chi connectivity index (χ4n) is 2.21. The van der Waals surface area contributed by atoms with E-state index in [9.17, 15) is 14.0 Å². The Balaban J connectivity index is 1.74. The predicted octanol–water partition coefficient (Wildman–Crippen LogP) is 2.00. The largest absolute Gasteiger partial charge is 0.497 e. The second-order valence-corrected chi connectivity index (χ2v) is 5.54. The first-order valence-corrected chi connectivity index (χ1v) is 8.18. The van der Waals surface area contributed by atoms with Gasteiger partial charge in [-0.15, -0.1) is 0 Å². The normalized spacial score (nSPS) is 10.0. The molecule has 0 saturated carbocycles. The van der Waals surface area contributed by atoms with Crippen molar-refractivity contribution in [3.05, 3.63) is 53.8 Å². The Labute approximate surface area is 156 Å². The monoisotopic (exact) mass is 376 g/mol. The zero-order valence-electron chi connectivity index (χ0n) is 15.1. The molecular weight excluding hydrogens is 355 g/mol. The molecular formula is C19H21FN2O5. The number of methoxy groups -OCH3 is 2. The lowest BCUT2D eigenvalue weighted by Crippen LogP contribution is -2.43. The Morgan fingerprint density at radius 3 is 2.22 bits per heavy atom. The molecule has 0 unspecified atom stereocenters. The van der Waals surface area contributed by atoms with E-state index in [0.717, 1.165) is 5.56 Å². The Morgan fingerprint density at radius 2 is 1.59 bits per heavy atom. The number of hydrazine groups is 1. The average Bonchev–Trinajstić information content (AvgIpc) is 2.69. The van der Waals surface area contributed by atoms with Gasteiger partial charge >= 0.3 is 0 Å². The highest BCUT2D eigenvalue weighted by Crippen LogP contribution is 2.23. The maximum absolute atomic E-state index is 13.4. The van der Waals surface area contributed by atoms with Gasteiger partial charge in [-0.3, -0.25) is 20.4 Å². The van der Waals surface area contributed by atoms with E-state index in [1.165, 1.54) is 18.2 Å². The van der Waals surface area contributed by atoms with Crippen molar-refractivity contribution < 1.29 is 28.2 Å². The summed E-state index contributed by atoms with van der Waals surface area (Å²) in [6, 6.07) is 11.1. The van der Waals surface area contributed by atoms with Crippen molar-refractivity contribution in [2.45, 2.75) is 12.8 Å². The molecule has 0 fully saturated rings. The number of benzene rings is 2. The number of hydrogen-bond donors (Lipinski definition) is 2. The fourth-order valence-corrected chi connectivity index (χ4v) is 2.21. The van der Waals surface area contributed by atoms with E-state index in [1.54, 1.807) is 38.5 Å². The second kappa shape index (κ2) is 10.0. The van der Waals surface area contributed by atoms with Gasteiger partial charge in [-0.25, -0.2) is 4.39 Å². The lowest BCUT2D eigenvalue weighted by Gasteiger charge is -2.10. The highest BCUT2D eigenvalue weighted by Gasteiger charge is 2.09. The van der Waals surface area contributed by atoms with Crippen LogP contribution in [0.5, 0.6) is 17.2 Å². The average molecular weight is 376 g/mol. The molecule has 0 aliphatic rings. The molecule has 0 aromatic heterocycles. The highest BCUT2D eigenvalue weighted by molar-refractivity contribution is 5.82. The van der Waals surface area contributed by atoms with Crippen LogP contribution in [0.25, 0.3) is 0 Å². The van der Waals surface area contributed by atoms with Gasteiger partial charge in [-0.05, 0) is 36.2 Å². The lowest BCUT2D eigenvalue weighted by molar-refractivity contribution is -0.130. The first-order chi connectivity index (χ1) is 13.0. The minimum absolute atomic E-state index is 0.0362. The van der Waals surface area contributed by atoms with Gasteiger partial charge < -0.3 is 14.2 Å². The molecule has 0 spiro atoms. The Bertz CT molecular complexity index is 775. The number of ether oxygens (including phenoxy) is 3. The van der Waals surface area contributed by atoms with Gasteiger partial charge in [-0.2, -0.15) is 0 Å². The summed E-state index contributed by atoms with van der Waals surface area (Å²) < 4.78 is 28.8. The SMILES string of the molecule is COc1cc(CCC(=O)NNC(=O)COc2ccccc2F)cc(OC)c1. The van der Waals surface area contributed by atoms with E-state index < -0.39 is 18.3 Å². The van der Waals surface area contributed by atoms with Crippen LogP contribution in [0.1, 0.15) is 12.0 Å². The molecule has 2 aromatic rings. The van der Waals surface area contributed by atoms with Gasteiger partial charge in [0.05, 0.1) is 14.2 Å². The third-order valence-electron chi connectivity index (χ3n) is 3.59. The smallest absolute Gasteiger partial charge is 0.276 e. The van der Waals surface area contributed by atoms with E-state index in [1.807, 2.05) is 0 Å². The molecule has 2 N–H and O–H groups in total. The molecule has 0 bridgehead atoms. The molecule has 8 heteroatoms. The van der Waals surface area contributed by atoms with Crippen LogP contribution in [0, 0.1) is 5.82 Å². The Morgan fingerprint density at radius 1 is 0.963 bits per heavy atom. The van der Waals surface area contributed by atoms with Crippen LogP contribution in [-0.2, 0) is 16.0 Å². The number of nitrogens with one attached hydrogen (secondary N) is 2. The first-order valence-electron chi connectivity index (χ1n) is 8.18. The summed E-state index contributed by atoms with van der Waals surface area (Å²) in [5.41, 5.74) is 5.36. The molecule has 0 saturated heterocycles. The fraction of sp³-hybridized carbons (Fsp3) is 0.263. The Hall–Kier alpha value is -3.29. The lowest BCUT2D eigenvalue weighted by atomic mass is 10.1. The summed E-state index contributed by atoms with van der Waals surface area (Å²) in [6.07, 6.45) is 0.575. The number of halogens is 1. The van der Waals surface area contributed by atoms with Crippen LogP contribution >= 0.6 is 0 Å². The van der Waals surface area contributed by atoms with Crippen molar-refractivity contribution in [1.29, 1.82) is 0 Å². The van der Waals surface area contributed by atoms with Crippen LogP contribution in [-0.4, -0.2) is 32.6 Å². The minimum Gasteiger partial charge on any atom is -0.497 e. The topological polar surface area (TPSA) is 85.9 Å². The van der Waals surface area contributed by atoms with Crippen molar-refractivity contribution in [2.24, 2.45) is 0 Å². The number of amides is 2. The highest BCUT2D eigenvalue weighted by atomic mass is 19.1. The molecule has 0 radical (unpaired) electrons. The molecule has 27 heavy (non-hydrogen) atoms. The third-order valence-corrected chi connectivity index (χ3v) is 3.59. The summed E-state index contributed by atoms with van der Waals surface area (Å²) in [4.78, 5) is 23.5. The maximum atomic E-state index is 13.4. The van der Waals surface area contributed by atoms with Crippen LogP contribution in [0.4, 0.5) is 4.39 Å². The molecule has 2 aromatic carbocycles. The molecule has 0 aliphatic carbocycles. The summed E-state index contributed by atoms with van der Waals surface area (Å²) in [6.45, 7) is -0.422. The summed E-state index contributed by atoms with van der Waals surface area (Å²) in [7, 11) is 3.09. The number of aryl methyl sites for hydroxylation is 1. The molecule has 2 rings (SSSR count). The summed E-state index contributed by atoms with van der Waals surface area (Å²) >= 11 is 0. The quantitative estimate of drug-likeness (QED) is 0.689. The second-order valence-electron chi connectivity index (χ2n) is 5.54. The molecule has 0 heterocycles. The van der Waals surface area contributed by atoms with E-state index >= 15 is 0 Å². The Kier molecular flexibility index (Phi) is 7.42. The number of rotatable bonds is 8. The van der Waals surface area contributed by atoms with Crippen molar-refractivity contribution in [3.63, 3.8) is 0 Å². The van der Waals surface area contributed by atoms with Crippen molar-refractivity contribution >= 4 is 11.8 Å². The van der Waals surface area contributed by atoms with Gasteiger partial charge in [0.1, 0.15) is 11.5 Å². The first kappa shape index (κ1) is 20.0. The van der Waals surface area contributed by atoms with E-state index in [-0.39, 0.29) is 18.1 Å². The van der Waals surface area contributed by atoms with Gasteiger partial charge in [0.25, 0.3) is 5.91 Å². The molecule has 7 nitrogen and oxygen atoms in total. The minimum atomic E-state index is -0.602. The van der Waals surface area contributed by atoms with Gasteiger partial charge in [-0.1, -0.05) is 12.1 Å². The number of para-hydroxylation sites is 1. The molecule has 144 valence electrons. The summed E-state index contributed by atoms with van der Waals surface area (Å²) in [5.74, 6) is -0.327. The summed E-state index contributed by atoms with van der Waals surface area (Å²) in [5, 5.41) is 0. The molecule has 0 aliphatic heterocycles. The van der Waals surface area contributed by atoms with Gasteiger partial charge in [0.2, 0.25) is 5.91 Å². The van der Waals surface area contributed by atoms with E-state index in [4.69, 9.17) is 14.2 Å². The van der Waals surface area contributed by atoms with E-state index in [2.05, 4.69) is 10.9 Å². The number of hydrogen-bond acceptors (Lipinski definition) is 5. The standard InChI is InChI=1S/C19H21FN2O5/c1-25-14-9-13(10-15(11-14)26-2)7-8-18(23)21-22-19(24)12-27-17-6-4-3-5-16(17)20/h3-6,9-11H,7-8,12H2,1-2H3,(H,21,23)(H,22,24). The van der Waals surface area contributed by atoms with Gasteiger partial charge in [0, 0.05) is 12.5 Å². The van der Waals surface area contributed by atoms with Crippen LogP contribution in [0.3, 0.4) is 0 Å². The third kappa shape index (κ3) is 6.50.